The van der Waals surface area contributed by atoms with Gasteiger partial charge in [0.2, 0.25) is 0 Å². The van der Waals surface area contributed by atoms with Crippen molar-refractivity contribution in [2.75, 3.05) is 32.8 Å². The van der Waals surface area contributed by atoms with E-state index in [0.29, 0.717) is 11.5 Å². The van der Waals surface area contributed by atoms with E-state index in [1.807, 2.05) is 0 Å². The molecule has 0 bridgehead atoms. The van der Waals surface area contributed by atoms with Gasteiger partial charge in [0, 0.05) is 25.7 Å². The Morgan fingerprint density at radius 3 is 2.94 bits per heavy atom. The van der Waals surface area contributed by atoms with Gasteiger partial charge in [-0.2, -0.15) is 0 Å². The largest absolute Gasteiger partial charge is 0.378 e. The lowest BCUT2D eigenvalue weighted by Gasteiger charge is -2.49. The Hall–Kier alpha value is -0.120. The molecule has 104 valence electrons. The minimum Gasteiger partial charge on any atom is -0.378 e. The number of nitrogens with one attached hydrogen (secondary N) is 1. The fourth-order valence-electron chi connectivity index (χ4n) is 4.24. The van der Waals surface area contributed by atoms with E-state index in [0.717, 1.165) is 12.6 Å². The predicted octanol–water partition coefficient (Wildman–Crippen LogP) is 2.02. The quantitative estimate of drug-likeness (QED) is 0.773. The fraction of sp³-hybridized carbons (Fsp3) is 1.00. The first-order valence-electron chi connectivity index (χ1n) is 7.84. The normalized spacial score (nSPS) is 43.2. The summed E-state index contributed by atoms with van der Waals surface area (Å²) in [5, 5.41) is 3.63. The van der Waals surface area contributed by atoms with Crippen molar-refractivity contribution in [3.05, 3.63) is 0 Å². The van der Waals surface area contributed by atoms with Crippen molar-refractivity contribution < 1.29 is 4.74 Å². The summed E-state index contributed by atoms with van der Waals surface area (Å²) in [6, 6.07) is 0.785. The third-order valence-corrected chi connectivity index (χ3v) is 5.23. The van der Waals surface area contributed by atoms with Gasteiger partial charge >= 0.3 is 0 Å². The van der Waals surface area contributed by atoms with E-state index >= 15 is 0 Å². The van der Waals surface area contributed by atoms with Crippen LogP contribution in [0.25, 0.3) is 0 Å². The average molecular weight is 252 g/mol. The minimum atomic E-state index is 0.464. The Morgan fingerprint density at radius 1 is 1.28 bits per heavy atom. The number of ether oxygens (including phenoxy) is 1. The van der Waals surface area contributed by atoms with Crippen LogP contribution >= 0.6 is 0 Å². The lowest BCUT2D eigenvalue weighted by molar-refractivity contribution is -0.0425. The van der Waals surface area contributed by atoms with Gasteiger partial charge in [-0.15, -0.1) is 0 Å². The molecular weight excluding hydrogens is 224 g/mol. The second kappa shape index (κ2) is 5.48. The van der Waals surface area contributed by atoms with E-state index in [1.165, 1.54) is 64.7 Å². The molecule has 0 saturated carbocycles. The third kappa shape index (κ3) is 2.73. The molecule has 3 aliphatic rings. The van der Waals surface area contributed by atoms with Gasteiger partial charge in [0.05, 0.1) is 6.10 Å². The third-order valence-electron chi connectivity index (χ3n) is 5.23. The molecule has 1 spiro atoms. The molecule has 3 nitrogen and oxygen atoms in total. The average Bonchev–Trinajstić information content (AvgIpc) is 2.40. The fourth-order valence-corrected chi connectivity index (χ4v) is 4.24. The van der Waals surface area contributed by atoms with E-state index < -0.39 is 0 Å². The zero-order valence-corrected chi connectivity index (χ0v) is 11.8. The van der Waals surface area contributed by atoms with E-state index in [4.69, 9.17) is 4.74 Å². The molecule has 3 heterocycles. The van der Waals surface area contributed by atoms with Gasteiger partial charge in [-0.25, -0.2) is 0 Å². The summed E-state index contributed by atoms with van der Waals surface area (Å²) in [5.74, 6) is 0. The van der Waals surface area contributed by atoms with Crippen molar-refractivity contribution in [2.24, 2.45) is 5.41 Å². The minimum absolute atomic E-state index is 0.464. The van der Waals surface area contributed by atoms with Gasteiger partial charge in [0.25, 0.3) is 0 Å². The molecule has 3 atom stereocenters. The highest BCUT2D eigenvalue weighted by molar-refractivity contribution is 4.94. The highest BCUT2D eigenvalue weighted by Gasteiger charge is 2.39. The molecule has 3 unspecified atom stereocenters. The maximum Gasteiger partial charge on any atom is 0.0561 e. The van der Waals surface area contributed by atoms with Crippen molar-refractivity contribution in [1.82, 2.24) is 10.2 Å². The van der Waals surface area contributed by atoms with Crippen LogP contribution in [0.1, 0.15) is 45.4 Å². The summed E-state index contributed by atoms with van der Waals surface area (Å²) in [4.78, 5) is 2.79. The van der Waals surface area contributed by atoms with Crippen molar-refractivity contribution in [3.63, 3.8) is 0 Å². The first-order valence-corrected chi connectivity index (χ1v) is 7.84. The van der Waals surface area contributed by atoms with Crippen LogP contribution < -0.4 is 5.32 Å². The standard InChI is InChI=1S/C15H28N2O/c1-13-10-14(4-9-18-13)17-8-3-6-15(12-17)5-2-7-16-11-15/h13-14,16H,2-12H2,1H3. The topological polar surface area (TPSA) is 24.5 Å². The van der Waals surface area contributed by atoms with Crippen LogP contribution in [0, 0.1) is 5.41 Å². The van der Waals surface area contributed by atoms with E-state index in [-0.39, 0.29) is 0 Å². The van der Waals surface area contributed by atoms with Crippen LogP contribution in [0.5, 0.6) is 0 Å². The van der Waals surface area contributed by atoms with Crippen LogP contribution in [0.4, 0.5) is 0 Å². The maximum absolute atomic E-state index is 5.70. The molecule has 0 aromatic carbocycles. The molecule has 0 radical (unpaired) electrons. The number of likely N-dealkylation sites (tertiary alicyclic amines) is 1. The summed E-state index contributed by atoms with van der Waals surface area (Å²) in [6.07, 6.45) is 8.60. The number of piperidine rings is 2. The Morgan fingerprint density at radius 2 is 2.17 bits per heavy atom. The molecule has 1 N–H and O–H groups in total. The first kappa shape index (κ1) is 12.9. The second-order valence-corrected chi connectivity index (χ2v) is 6.71. The van der Waals surface area contributed by atoms with E-state index in [1.54, 1.807) is 0 Å². The van der Waals surface area contributed by atoms with Crippen molar-refractivity contribution in [2.45, 2.75) is 57.6 Å². The smallest absolute Gasteiger partial charge is 0.0561 e. The maximum atomic E-state index is 5.70. The molecule has 18 heavy (non-hydrogen) atoms. The van der Waals surface area contributed by atoms with Gasteiger partial charge in [-0.05, 0) is 64.0 Å². The highest BCUT2D eigenvalue weighted by Crippen LogP contribution is 2.37. The predicted molar refractivity (Wildman–Crippen MR) is 73.8 cm³/mol. The van der Waals surface area contributed by atoms with E-state index in [2.05, 4.69) is 17.1 Å². The Labute approximate surface area is 111 Å². The molecule has 0 aliphatic carbocycles. The Kier molecular flexibility index (Phi) is 3.92. The summed E-state index contributed by atoms with van der Waals surface area (Å²) in [7, 11) is 0. The number of nitrogens with zero attached hydrogens (tertiary/aromatic N) is 1. The van der Waals surface area contributed by atoms with E-state index in [9.17, 15) is 0 Å². The zero-order valence-electron chi connectivity index (χ0n) is 11.8. The molecule has 0 amide bonds. The SMILES string of the molecule is CC1CC(N2CCCC3(CCCNC3)C2)CCO1. The highest BCUT2D eigenvalue weighted by atomic mass is 16.5. The van der Waals surface area contributed by atoms with Crippen molar-refractivity contribution >= 4 is 0 Å². The van der Waals surface area contributed by atoms with Gasteiger partial charge in [-0.1, -0.05) is 0 Å². The van der Waals surface area contributed by atoms with Gasteiger partial charge < -0.3 is 10.1 Å². The van der Waals surface area contributed by atoms with Crippen LogP contribution in [0.2, 0.25) is 0 Å². The number of rotatable bonds is 1. The molecule has 3 aliphatic heterocycles. The molecule has 0 aromatic rings. The van der Waals surface area contributed by atoms with Gasteiger partial charge in [-0.3, -0.25) is 4.90 Å². The Bertz CT molecular complexity index is 270. The van der Waals surface area contributed by atoms with Crippen LogP contribution in [-0.4, -0.2) is 49.8 Å². The number of hydrogen-bond donors (Lipinski definition) is 1. The molecule has 3 heteroatoms. The molecule has 3 saturated heterocycles. The zero-order chi connectivity index (χ0) is 12.4. The van der Waals surface area contributed by atoms with Crippen LogP contribution in [-0.2, 0) is 4.74 Å². The summed E-state index contributed by atoms with van der Waals surface area (Å²) in [6.45, 7) is 8.33. The number of hydrogen-bond acceptors (Lipinski definition) is 3. The summed E-state index contributed by atoms with van der Waals surface area (Å²) in [5.41, 5.74) is 0.595. The summed E-state index contributed by atoms with van der Waals surface area (Å²) < 4.78 is 5.70. The molecular formula is C15H28N2O. The molecule has 3 rings (SSSR count). The lowest BCUT2D eigenvalue weighted by atomic mass is 9.74. The van der Waals surface area contributed by atoms with Gasteiger partial charge in [0.15, 0.2) is 0 Å². The van der Waals surface area contributed by atoms with Crippen LogP contribution in [0.3, 0.4) is 0 Å². The van der Waals surface area contributed by atoms with Crippen LogP contribution in [0.15, 0.2) is 0 Å². The first-order chi connectivity index (χ1) is 8.77. The van der Waals surface area contributed by atoms with Crippen molar-refractivity contribution in [3.8, 4) is 0 Å². The lowest BCUT2D eigenvalue weighted by Crippen LogP contribution is -2.54. The molecule has 3 fully saturated rings. The van der Waals surface area contributed by atoms with Crippen molar-refractivity contribution in [1.29, 1.82) is 0 Å². The second-order valence-electron chi connectivity index (χ2n) is 6.71. The summed E-state index contributed by atoms with van der Waals surface area (Å²) >= 11 is 0. The molecule has 0 aromatic heterocycles. The monoisotopic (exact) mass is 252 g/mol. The van der Waals surface area contributed by atoms with Gasteiger partial charge in [0.1, 0.15) is 0 Å². The Balaban J connectivity index is 1.62.